The van der Waals surface area contributed by atoms with Crippen molar-refractivity contribution in [1.82, 2.24) is 0 Å². The van der Waals surface area contributed by atoms with Crippen LogP contribution < -0.4 is 9.80 Å². The number of nitrogens with zero attached hydrogens (tertiary/aromatic N) is 2. The van der Waals surface area contributed by atoms with Crippen molar-refractivity contribution in [3.05, 3.63) is 169 Å². The summed E-state index contributed by atoms with van der Waals surface area (Å²) in [6.45, 7) is 11.2. The van der Waals surface area contributed by atoms with E-state index in [0.29, 0.717) is 31.7 Å². The van der Waals surface area contributed by atoms with E-state index >= 15 is 0 Å². The third-order valence-corrected chi connectivity index (χ3v) is 12.2. The Hall–Kier alpha value is -5.55. The van der Waals surface area contributed by atoms with Crippen LogP contribution in [0, 0.1) is 5.41 Å². The Morgan fingerprint density at radius 2 is 0.921 bits per heavy atom. The molecule has 7 heteroatoms. The highest BCUT2D eigenvalue weighted by molar-refractivity contribution is 7.18. The van der Waals surface area contributed by atoms with Crippen molar-refractivity contribution in [2.45, 2.75) is 97.7 Å². The number of unbranched alkanes of at least 4 members (excludes halogenated alkanes) is 1. The molecule has 328 valence electrons. The third-order valence-electron chi connectivity index (χ3n) is 11.7. The molecule has 63 heavy (non-hydrogen) atoms. The maximum absolute atomic E-state index is 13.1. The Balaban J connectivity index is 1.12. The highest BCUT2D eigenvalue weighted by Gasteiger charge is 2.26. The van der Waals surface area contributed by atoms with Crippen molar-refractivity contribution in [3.63, 3.8) is 0 Å². The number of hydrogen-bond acceptors (Lipinski definition) is 6. The molecule has 0 fully saturated rings. The van der Waals surface area contributed by atoms with Crippen LogP contribution in [-0.2, 0) is 31.9 Å². The van der Waals surface area contributed by atoms with E-state index in [1.54, 1.807) is 0 Å². The monoisotopic (exact) mass is 860 g/mol. The van der Waals surface area contributed by atoms with E-state index in [0.717, 1.165) is 89.3 Å². The first-order valence-corrected chi connectivity index (χ1v) is 23.2. The van der Waals surface area contributed by atoms with Crippen molar-refractivity contribution >= 4 is 55.1 Å². The van der Waals surface area contributed by atoms with E-state index in [4.69, 9.17) is 9.47 Å². The Bertz CT molecular complexity index is 2310. The smallest absolute Gasteiger partial charge is 0.306 e. The molecule has 0 heterocycles. The topological polar surface area (TPSA) is 59.1 Å². The molecule has 0 N–H and O–H groups in total. The number of anilines is 6. The minimum Gasteiger partial charge on any atom is -0.463 e. The molecule has 2 atom stereocenters. The van der Waals surface area contributed by atoms with Crippen molar-refractivity contribution in [3.8, 4) is 11.1 Å². The number of rotatable bonds is 23. The number of carbonyl (C=O) groups excluding carboxylic acids is 2. The summed E-state index contributed by atoms with van der Waals surface area (Å²) in [5.74, 6) is 0.128. The molecule has 0 aliphatic heterocycles. The van der Waals surface area contributed by atoms with Gasteiger partial charge in [-0.2, -0.15) is 0 Å². The van der Waals surface area contributed by atoms with Crippen LogP contribution in [-0.4, -0.2) is 30.3 Å². The molecule has 0 aliphatic rings. The highest BCUT2D eigenvalue weighted by Crippen LogP contribution is 2.38. The number of esters is 1. The van der Waals surface area contributed by atoms with Gasteiger partial charge in [-0.15, -0.1) is 9.24 Å². The van der Waals surface area contributed by atoms with Crippen LogP contribution in [0.2, 0.25) is 0 Å². The summed E-state index contributed by atoms with van der Waals surface area (Å²) >= 11 is 0. The Kier molecular flexibility index (Phi) is 16.9. The summed E-state index contributed by atoms with van der Waals surface area (Å²) in [6.07, 6.45) is 7.33. The largest absolute Gasteiger partial charge is 0.463 e. The number of benzene rings is 6. The predicted octanol–water partition coefficient (Wildman–Crippen LogP) is 14.9. The van der Waals surface area contributed by atoms with Gasteiger partial charge in [-0.3, -0.25) is 9.59 Å². The minimum atomic E-state index is -0.288. The molecule has 0 aliphatic carbocycles. The average Bonchev–Trinajstić information content (AvgIpc) is 3.30. The van der Waals surface area contributed by atoms with Crippen LogP contribution in [0.1, 0.15) is 90.7 Å². The number of Topliss-reactive ketones (excluding diaryl/α,β-unsaturated/α-hetero) is 1. The summed E-state index contributed by atoms with van der Waals surface area (Å²) in [4.78, 5) is 30.1. The zero-order valence-corrected chi connectivity index (χ0v) is 39.0. The number of ether oxygens (including phenoxy) is 2. The number of hydrogen-bond donors (Lipinski definition) is 0. The summed E-state index contributed by atoms with van der Waals surface area (Å²) < 4.78 is 11.3. The van der Waals surface area contributed by atoms with Crippen LogP contribution in [0.4, 0.5) is 34.1 Å². The second kappa shape index (κ2) is 22.7. The van der Waals surface area contributed by atoms with Gasteiger partial charge in [0.1, 0.15) is 12.4 Å². The zero-order valence-electron chi connectivity index (χ0n) is 37.9. The lowest BCUT2D eigenvalue weighted by Crippen LogP contribution is -2.24. The molecule has 6 aromatic rings. The van der Waals surface area contributed by atoms with Gasteiger partial charge in [-0.1, -0.05) is 132 Å². The Morgan fingerprint density at radius 1 is 0.508 bits per heavy atom. The van der Waals surface area contributed by atoms with Crippen LogP contribution in [0.5, 0.6) is 0 Å². The Morgan fingerprint density at radius 3 is 1.35 bits per heavy atom. The van der Waals surface area contributed by atoms with Crippen molar-refractivity contribution < 1.29 is 19.1 Å². The molecule has 0 aromatic heterocycles. The predicted molar refractivity (Wildman–Crippen MR) is 266 cm³/mol. The first kappa shape index (κ1) is 46.9. The zero-order chi connectivity index (χ0) is 44.7. The third kappa shape index (κ3) is 13.5. The van der Waals surface area contributed by atoms with E-state index in [1.807, 2.05) is 19.1 Å². The average molecular weight is 861 g/mol. The van der Waals surface area contributed by atoms with E-state index < -0.39 is 0 Å². The molecule has 0 bridgehead atoms. The van der Waals surface area contributed by atoms with E-state index in [9.17, 15) is 9.59 Å². The van der Waals surface area contributed by atoms with Gasteiger partial charge in [0.25, 0.3) is 0 Å². The quantitative estimate of drug-likeness (QED) is 0.0363. The fourth-order valence-electron chi connectivity index (χ4n) is 7.95. The van der Waals surface area contributed by atoms with E-state index in [1.165, 1.54) is 5.56 Å². The fraction of sp³-hybridized carbons (Fsp3) is 0.321. The Labute approximate surface area is 378 Å². The lowest BCUT2D eigenvalue weighted by atomic mass is 9.80. The first-order chi connectivity index (χ1) is 30.5. The maximum Gasteiger partial charge on any atom is 0.306 e. The van der Waals surface area contributed by atoms with Crippen LogP contribution in [0.3, 0.4) is 0 Å². The minimum absolute atomic E-state index is 0.216. The molecule has 0 spiro atoms. The van der Waals surface area contributed by atoms with Crippen LogP contribution in [0.25, 0.3) is 11.1 Å². The molecular formula is C56H65N2O4P. The van der Waals surface area contributed by atoms with Crippen molar-refractivity contribution in [2.24, 2.45) is 5.41 Å². The van der Waals surface area contributed by atoms with Crippen LogP contribution >= 0.6 is 9.24 Å². The summed E-state index contributed by atoms with van der Waals surface area (Å²) in [6, 6.07) is 55.3. The summed E-state index contributed by atoms with van der Waals surface area (Å²) in [5.41, 5.74) is 10.6. The number of para-hydroxylation sites is 2. The van der Waals surface area contributed by atoms with Gasteiger partial charge in [0, 0.05) is 52.4 Å². The van der Waals surface area contributed by atoms with Gasteiger partial charge in [-0.25, -0.2) is 0 Å². The fourth-order valence-corrected chi connectivity index (χ4v) is 8.36. The molecule has 0 saturated heterocycles. The van der Waals surface area contributed by atoms with Gasteiger partial charge >= 0.3 is 5.97 Å². The van der Waals surface area contributed by atoms with E-state index in [-0.39, 0.29) is 23.3 Å². The summed E-state index contributed by atoms with van der Waals surface area (Å²) in [5, 5.41) is -0.288. The standard InChI is InChI=1S/C56H65N2O4P/c1-6-8-40-55(3,4)53(59)37-23-43-19-29-49(30-20-43)57(47-15-11-9-12-16-47)51-33-25-45(26-34-51)46-27-35-52(36-28-46)58(48-17-13-10-14-18-48)50-31-21-44(22-32-50)24-38-54(60)61-41-42-62-56(5,63)39-7-2/h9-22,25-36H,6-8,23-24,37-42,63H2,1-5H3. The second-order valence-electron chi connectivity index (χ2n) is 17.3. The molecule has 0 radical (unpaired) electrons. The van der Waals surface area contributed by atoms with Gasteiger partial charge in [0.05, 0.1) is 11.9 Å². The molecule has 6 aromatic carbocycles. The SMILES string of the molecule is CCCCC(C)(C)C(=O)CCc1ccc(N(c2ccccc2)c2ccc(-c3ccc(N(c4ccccc4)c4ccc(CCC(=O)OCCOC(C)(P)CCC)cc4)cc3)cc2)cc1. The normalized spacial score (nSPS) is 12.3. The molecule has 0 saturated carbocycles. The van der Waals surface area contributed by atoms with Crippen molar-refractivity contribution in [1.29, 1.82) is 0 Å². The van der Waals surface area contributed by atoms with E-state index in [2.05, 4.69) is 192 Å². The molecule has 0 amide bonds. The van der Waals surface area contributed by atoms with Crippen LogP contribution in [0.15, 0.2) is 158 Å². The number of ketones is 1. The number of carbonyl (C=O) groups is 2. The lowest BCUT2D eigenvalue weighted by Gasteiger charge is -2.26. The number of aryl methyl sites for hydroxylation is 2. The maximum atomic E-state index is 13.1. The molecule has 6 rings (SSSR count). The van der Waals surface area contributed by atoms with Gasteiger partial charge in [0.15, 0.2) is 0 Å². The second-order valence-corrected chi connectivity index (χ2v) is 18.5. The molecule has 2 unspecified atom stereocenters. The highest BCUT2D eigenvalue weighted by atomic mass is 31.0. The van der Waals surface area contributed by atoms with Crippen molar-refractivity contribution in [2.75, 3.05) is 23.0 Å². The molecular weight excluding hydrogens is 796 g/mol. The molecule has 6 nitrogen and oxygen atoms in total. The lowest BCUT2D eigenvalue weighted by molar-refractivity contribution is -0.146. The van der Waals surface area contributed by atoms with Gasteiger partial charge < -0.3 is 19.3 Å². The summed E-state index contributed by atoms with van der Waals surface area (Å²) in [7, 11) is 2.74. The van der Waals surface area contributed by atoms with Gasteiger partial charge in [0.2, 0.25) is 0 Å². The van der Waals surface area contributed by atoms with Gasteiger partial charge in [-0.05, 0) is 128 Å². The first-order valence-electron chi connectivity index (χ1n) is 22.7.